The SMILES string of the molecule is CC(C)c1ccc(CNC(=O)c2ccc(NS(=O)(=O)c3ccc(Cl)cc3)cc2)cc1. The summed E-state index contributed by atoms with van der Waals surface area (Å²) in [4.78, 5) is 12.5. The molecule has 3 aromatic rings. The molecule has 156 valence electrons. The number of carbonyl (C=O) groups excluding carboxylic acids is 1. The van der Waals surface area contributed by atoms with Crippen molar-refractivity contribution >= 4 is 33.2 Å². The van der Waals surface area contributed by atoms with Crippen molar-refractivity contribution in [3.05, 3.63) is 94.5 Å². The van der Waals surface area contributed by atoms with E-state index in [1.807, 2.05) is 12.1 Å². The number of sulfonamides is 1. The van der Waals surface area contributed by atoms with E-state index in [2.05, 4.69) is 36.0 Å². The van der Waals surface area contributed by atoms with Gasteiger partial charge in [0, 0.05) is 22.8 Å². The largest absolute Gasteiger partial charge is 0.348 e. The van der Waals surface area contributed by atoms with Crippen LogP contribution in [0.1, 0.15) is 41.3 Å². The molecule has 30 heavy (non-hydrogen) atoms. The quantitative estimate of drug-likeness (QED) is 0.528. The number of anilines is 1. The molecule has 1 amide bonds. The number of hydrogen-bond acceptors (Lipinski definition) is 3. The molecule has 0 saturated carbocycles. The van der Waals surface area contributed by atoms with E-state index in [0.29, 0.717) is 28.7 Å². The second-order valence-electron chi connectivity index (χ2n) is 7.22. The van der Waals surface area contributed by atoms with Crippen LogP contribution in [0.2, 0.25) is 5.02 Å². The smallest absolute Gasteiger partial charge is 0.261 e. The van der Waals surface area contributed by atoms with Gasteiger partial charge in [-0.05, 0) is 65.6 Å². The van der Waals surface area contributed by atoms with Crippen LogP contribution >= 0.6 is 11.6 Å². The number of amides is 1. The van der Waals surface area contributed by atoms with E-state index in [9.17, 15) is 13.2 Å². The van der Waals surface area contributed by atoms with E-state index in [1.54, 1.807) is 24.3 Å². The first kappa shape index (κ1) is 21.9. The Morgan fingerprint density at radius 3 is 2.07 bits per heavy atom. The van der Waals surface area contributed by atoms with Crippen molar-refractivity contribution in [2.75, 3.05) is 4.72 Å². The maximum atomic E-state index is 12.4. The van der Waals surface area contributed by atoms with Gasteiger partial charge < -0.3 is 5.32 Å². The van der Waals surface area contributed by atoms with Crippen LogP contribution in [-0.4, -0.2) is 14.3 Å². The molecule has 0 fully saturated rings. The molecule has 0 aliphatic carbocycles. The van der Waals surface area contributed by atoms with Gasteiger partial charge in [-0.15, -0.1) is 0 Å². The maximum Gasteiger partial charge on any atom is 0.261 e. The number of hydrogen-bond donors (Lipinski definition) is 2. The summed E-state index contributed by atoms with van der Waals surface area (Å²) in [5.41, 5.74) is 3.08. The molecule has 0 heterocycles. The third-order valence-electron chi connectivity index (χ3n) is 4.62. The molecule has 0 aromatic heterocycles. The van der Waals surface area contributed by atoms with Crippen LogP contribution in [0.5, 0.6) is 0 Å². The van der Waals surface area contributed by atoms with Gasteiger partial charge in [0.15, 0.2) is 0 Å². The van der Waals surface area contributed by atoms with E-state index in [1.165, 1.54) is 29.8 Å². The molecule has 2 N–H and O–H groups in total. The Morgan fingerprint density at radius 1 is 0.900 bits per heavy atom. The van der Waals surface area contributed by atoms with Crippen molar-refractivity contribution in [3.8, 4) is 0 Å². The van der Waals surface area contributed by atoms with Crippen molar-refractivity contribution in [2.45, 2.75) is 31.2 Å². The monoisotopic (exact) mass is 442 g/mol. The average Bonchev–Trinajstić information content (AvgIpc) is 2.73. The molecular formula is C23H23ClN2O3S. The fourth-order valence-corrected chi connectivity index (χ4v) is 4.01. The summed E-state index contributed by atoms with van der Waals surface area (Å²) < 4.78 is 27.3. The first-order valence-electron chi connectivity index (χ1n) is 9.50. The highest BCUT2D eigenvalue weighted by atomic mass is 35.5. The molecule has 3 rings (SSSR count). The van der Waals surface area contributed by atoms with Gasteiger partial charge >= 0.3 is 0 Å². The van der Waals surface area contributed by atoms with Gasteiger partial charge in [-0.3, -0.25) is 9.52 Å². The highest BCUT2D eigenvalue weighted by Gasteiger charge is 2.14. The topological polar surface area (TPSA) is 75.3 Å². The van der Waals surface area contributed by atoms with Crippen molar-refractivity contribution in [3.63, 3.8) is 0 Å². The predicted molar refractivity (Wildman–Crippen MR) is 120 cm³/mol. The molecule has 7 heteroatoms. The molecule has 0 atom stereocenters. The highest BCUT2D eigenvalue weighted by Crippen LogP contribution is 2.19. The summed E-state index contributed by atoms with van der Waals surface area (Å²) in [7, 11) is -3.73. The van der Waals surface area contributed by atoms with Gasteiger partial charge in [-0.2, -0.15) is 0 Å². The first-order chi connectivity index (χ1) is 14.2. The lowest BCUT2D eigenvalue weighted by Gasteiger charge is -2.10. The van der Waals surface area contributed by atoms with Crippen LogP contribution in [0, 0.1) is 0 Å². The van der Waals surface area contributed by atoms with Crippen LogP contribution in [-0.2, 0) is 16.6 Å². The van der Waals surface area contributed by atoms with E-state index < -0.39 is 10.0 Å². The van der Waals surface area contributed by atoms with Crippen molar-refractivity contribution in [1.82, 2.24) is 5.32 Å². The Kier molecular flexibility index (Phi) is 6.80. The lowest BCUT2D eigenvalue weighted by molar-refractivity contribution is 0.0951. The van der Waals surface area contributed by atoms with Gasteiger partial charge in [-0.25, -0.2) is 8.42 Å². The number of halogens is 1. The third-order valence-corrected chi connectivity index (χ3v) is 6.27. The zero-order chi connectivity index (χ0) is 21.7. The summed E-state index contributed by atoms with van der Waals surface area (Å²) in [6, 6.07) is 20.3. The number of nitrogens with one attached hydrogen (secondary N) is 2. The van der Waals surface area contributed by atoms with E-state index >= 15 is 0 Å². The van der Waals surface area contributed by atoms with Crippen molar-refractivity contribution < 1.29 is 13.2 Å². The molecule has 0 bridgehead atoms. The van der Waals surface area contributed by atoms with Crippen LogP contribution in [0.25, 0.3) is 0 Å². The molecule has 0 saturated heterocycles. The summed E-state index contributed by atoms with van der Waals surface area (Å²) in [5, 5.41) is 3.33. The Morgan fingerprint density at radius 2 is 1.50 bits per heavy atom. The minimum atomic E-state index is -3.73. The average molecular weight is 443 g/mol. The minimum Gasteiger partial charge on any atom is -0.348 e. The van der Waals surface area contributed by atoms with Crippen molar-refractivity contribution in [1.29, 1.82) is 0 Å². The van der Waals surface area contributed by atoms with Gasteiger partial charge in [0.25, 0.3) is 15.9 Å². The van der Waals surface area contributed by atoms with E-state index in [-0.39, 0.29) is 10.8 Å². The summed E-state index contributed by atoms with van der Waals surface area (Å²) in [5.74, 6) is 0.235. The highest BCUT2D eigenvalue weighted by molar-refractivity contribution is 7.92. The summed E-state index contributed by atoms with van der Waals surface area (Å²) in [6.07, 6.45) is 0. The molecular weight excluding hydrogens is 420 g/mol. The fourth-order valence-electron chi connectivity index (χ4n) is 2.82. The molecule has 0 radical (unpaired) electrons. The number of rotatable bonds is 7. The Bertz CT molecular complexity index is 1110. The van der Waals surface area contributed by atoms with E-state index in [4.69, 9.17) is 11.6 Å². The second kappa shape index (κ2) is 9.32. The van der Waals surface area contributed by atoms with Crippen LogP contribution in [0.4, 0.5) is 5.69 Å². The van der Waals surface area contributed by atoms with Crippen LogP contribution in [0.15, 0.2) is 77.7 Å². The lowest BCUT2D eigenvalue weighted by Crippen LogP contribution is -2.22. The molecule has 3 aromatic carbocycles. The van der Waals surface area contributed by atoms with E-state index in [0.717, 1.165) is 5.56 Å². The van der Waals surface area contributed by atoms with Crippen LogP contribution < -0.4 is 10.0 Å². The lowest BCUT2D eigenvalue weighted by atomic mass is 10.0. The standard InChI is InChI=1S/C23H23ClN2O3S/c1-16(2)18-5-3-17(4-6-18)15-25-23(27)19-7-11-21(12-8-19)26-30(28,29)22-13-9-20(24)10-14-22/h3-14,16,26H,15H2,1-2H3,(H,25,27). The fraction of sp³-hybridized carbons (Fsp3) is 0.174. The Hall–Kier alpha value is -2.83. The Balaban J connectivity index is 1.60. The molecule has 0 aliphatic heterocycles. The van der Waals surface area contributed by atoms with Gasteiger partial charge in [0.05, 0.1) is 4.90 Å². The molecule has 5 nitrogen and oxygen atoms in total. The zero-order valence-corrected chi connectivity index (χ0v) is 18.3. The number of benzene rings is 3. The van der Waals surface area contributed by atoms with Crippen LogP contribution in [0.3, 0.4) is 0 Å². The van der Waals surface area contributed by atoms with Crippen molar-refractivity contribution in [2.24, 2.45) is 0 Å². The third kappa shape index (κ3) is 5.62. The molecule has 0 spiro atoms. The minimum absolute atomic E-state index is 0.109. The Labute approximate surface area is 182 Å². The first-order valence-corrected chi connectivity index (χ1v) is 11.4. The van der Waals surface area contributed by atoms with Gasteiger partial charge in [-0.1, -0.05) is 49.7 Å². The van der Waals surface area contributed by atoms with Gasteiger partial charge in [0.1, 0.15) is 0 Å². The summed E-state index contributed by atoms with van der Waals surface area (Å²) in [6.45, 7) is 4.69. The predicted octanol–water partition coefficient (Wildman–Crippen LogP) is 5.19. The molecule has 0 aliphatic rings. The molecule has 0 unspecified atom stereocenters. The normalized spacial score (nSPS) is 11.3. The summed E-state index contributed by atoms with van der Waals surface area (Å²) >= 11 is 5.80. The number of carbonyl (C=O) groups is 1. The maximum absolute atomic E-state index is 12.4. The van der Waals surface area contributed by atoms with Gasteiger partial charge in [0.2, 0.25) is 0 Å². The zero-order valence-electron chi connectivity index (χ0n) is 16.7. The second-order valence-corrected chi connectivity index (χ2v) is 9.33.